The quantitative estimate of drug-likeness (QED) is 0.932. The van der Waals surface area contributed by atoms with Crippen LogP contribution in [0.25, 0.3) is 0 Å². The highest BCUT2D eigenvalue weighted by Crippen LogP contribution is 2.12. The molecule has 0 spiro atoms. The molecule has 1 amide bonds. The van der Waals surface area contributed by atoms with Crippen molar-refractivity contribution >= 4 is 5.91 Å². The van der Waals surface area contributed by atoms with Crippen LogP contribution < -0.4 is 0 Å². The van der Waals surface area contributed by atoms with Crippen molar-refractivity contribution in [3.63, 3.8) is 0 Å². The molecule has 5 nitrogen and oxygen atoms in total. The molecule has 0 saturated carbocycles. The standard InChI is InChI=1S/C13H14F2N4O/c1-3-19(13(20)12-16-8(2)17-18-12)7-9-4-5-10(14)11(15)6-9/h4-6H,3,7H2,1-2H3,(H,16,17,18). The molecule has 0 saturated heterocycles. The number of H-pyrrole nitrogens is 1. The maximum absolute atomic E-state index is 13.2. The van der Waals surface area contributed by atoms with Crippen LogP contribution in [0.15, 0.2) is 18.2 Å². The van der Waals surface area contributed by atoms with Crippen molar-refractivity contribution in [3.8, 4) is 0 Å². The van der Waals surface area contributed by atoms with Gasteiger partial charge in [0.15, 0.2) is 11.6 Å². The third-order valence-corrected chi connectivity index (χ3v) is 2.81. The maximum atomic E-state index is 13.2. The Morgan fingerprint density at radius 2 is 2.10 bits per heavy atom. The number of nitrogens with one attached hydrogen (secondary N) is 1. The molecule has 1 heterocycles. The highest BCUT2D eigenvalue weighted by Gasteiger charge is 2.19. The molecule has 7 heteroatoms. The van der Waals surface area contributed by atoms with Gasteiger partial charge in [-0.3, -0.25) is 9.89 Å². The van der Waals surface area contributed by atoms with E-state index in [4.69, 9.17) is 0 Å². The van der Waals surface area contributed by atoms with Crippen LogP contribution in [0.5, 0.6) is 0 Å². The summed E-state index contributed by atoms with van der Waals surface area (Å²) >= 11 is 0. The number of halogens is 2. The fraction of sp³-hybridized carbons (Fsp3) is 0.308. The molecular weight excluding hydrogens is 266 g/mol. The Bertz CT molecular complexity index is 627. The molecule has 2 aromatic rings. The SMILES string of the molecule is CCN(Cc1ccc(F)c(F)c1)C(=O)c1n[nH]c(C)n1. The molecule has 0 aliphatic rings. The number of nitrogens with zero attached hydrogens (tertiary/aromatic N) is 3. The normalized spacial score (nSPS) is 10.6. The Labute approximate surface area is 114 Å². The van der Waals surface area contributed by atoms with E-state index in [9.17, 15) is 13.6 Å². The van der Waals surface area contributed by atoms with Crippen molar-refractivity contribution in [2.45, 2.75) is 20.4 Å². The van der Waals surface area contributed by atoms with Crippen LogP contribution in [0, 0.1) is 18.6 Å². The van der Waals surface area contributed by atoms with Crippen LogP contribution in [0.3, 0.4) is 0 Å². The number of benzene rings is 1. The summed E-state index contributed by atoms with van der Waals surface area (Å²) in [6.07, 6.45) is 0. The average Bonchev–Trinajstić information content (AvgIpc) is 2.86. The second kappa shape index (κ2) is 5.77. The molecule has 20 heavy (non-hydrogen) atoms. The first kappa shape index (κ1) is 14.1. The van der Waals surface area contributed by atoms with E-state index in [-0.39, 0.29) is 18.3 Å². The predicted octanol–water partition coefficient (Wildman–Crippen LogP) is 2.05. The summed E-state index contributed by atoms with van der Waals surface area (Å²) in [6, 6.07) is 3.56. The fourth-order valence-electron chi connectivity index (χ4n) is 1.77. The lowest BCUT2D eigenvalue weighted by molar-refractivity contribution is 0.0740. The Hall–Kier alpha value is -2.31. The van der Waals surface area contributed by atoms with Gasteiger partial charge in [-0.15, -0.1) is 5.10 Å². The van der Waals surface area contributed by atoms with Crippen molar-refractivity contribution in [2.75, 3.05) is 6.54 Å². The number of hydrogen-bond donors (Lipinski definition) is 1. The van der Waals surface area contributed by atoms with E-state index < -0.39 is 11.6 Å². The van der Waals surface area contributed by atoms with Crippen LogP contribution in [-0.4, -0.2) is 32.5 Å². The first-order valence-electron chi connectivity index (χ1n) is 6.13. The number of amides is 1. The molecule has 0 fully saturated rings. The highest BCUT2D eigenvalue weighted by atomic mass is 19.2. The van der Waals surface area contributed by atoms with Gasteiger partial charge < -0.3 is 4.90 Å². The van der Waals surface area contributed by atoms with E-state index in [0.717, 1.165) is 12.1 Å². The Balaban J connectivity index is 2.16. The second-order valence-electron chi connectivity index (χ2n) is 4.31. The van der Waals surface area contributed by atoms with Crippen LogP contribution in [-0.2, 0) is 6.54 Å². The molecule has 1 aromatic heterocycles. The van der Waals surface area contributed by atoms with Crippen molar-refractivity contribution in [1.29, 1.82) is 0 Å². The molecule has 106 valence electrons. The molecule has 0 bridgehead atoms. The van der Waals surface area contributed by atoms with Crippen molar-refractivity contribution in [2.24, 2.45) is 0 Å². The molecular formula is C13H14F2N4O. The summed E-state index contributed by atoms with van der Waals surface area (Å²) < 4.78 is 26.0. The lowest BCUT2D eigenvalue weighted by Gasteiger charge is -2.19. The number of carbonyl (C=O) groups is 1. The van der Waals surface area contributed by atoms with Crippen LogP contribution in [0.1, 0.15) is 28.9 Å². The number of rotatable bonds is 4. The minimum Gasteiger partial charge on any atom is -0.332 e. The number of aromatic nitrogens is 3. The summed E-state index contributed by atoms with van der Waals surface area (Å²) in [7, 11) is 0. The van der Waals surface area contributed by atoms with Gasteiger partial charge in [-0.25, -0.2) is 13.8 Å². The number of hydrogen-bond acceptors (Lipinski definition) is 3. The molecule has 1 aromatic carbocycles. The lowest BCUT2D eigenvalue weighted by Crippen LogP contribution is -2.31. The molecule has 0 radical (unpaired) electrons. The van der Waals surface area contributed by atoms with Crippen LogP contribution in [0.4, 0.5) is 8.78 Å². The third-order valence-electron chi connectivity index (χ3n) is 2.81. The van der Waals surface area contributed by atoms with E-state index in [1.807, 2.05) is 0 Å². The van der Waals surface area contributed by atoms with Gasteiger partial charge >= 0.3 is 0 Å². The monoisotopic (exact) mass is 280 g/mol. The van der Waals surface area contributed by atoms with Crippen LogP contribution in [0.2, 0.25) is 0 Å². The van der Waals surface area contributed by atoms with Gasteiger partial charge in [-0.1, -0.05) is 6.07 Å². The molecule has 0 aliphatic carbocycles. The van der Waals surface area contributed by atoms with E-state index in [1.54, 1.807) is 13.8 Å². The van der Waals surface area contributed by atoms with Crippen LogP contribution >= 0.6 is 0 Å². The zero-order valence-corrected chi connectivity index (χ0v) is 11.2. The predicted molar refractivity (Wildman–Crippen MR) is 67.9 cm³/mol. The first-order chi connectivity index (χ1) is 9.51. The smallest absolute Gasteiger partial charge is 0.293 e. The van der Waals surface area contributed by atoms with Gasteiger partial charge in [0.1, 0.15) is 5.82 Å². The Morgan fingerprint density at radius 3 is 2.65 bits per heavy atom. The van der Waals surface area contributed by atoms with Crippen molar-refractivity contribution in [1.82, 2.24) is 20.1 Å². The number of aryl methyl sites for hydroxylation is 1. The van der Waals surface area contributed by atoms with Gasteiger partial charge in [0.05, 0.1) is 0 Å². The lowest BCUT2D eigenvalue weighted by atomic mass is 10.2. The van der Waals surface area contributed by atoms with Gasteiger partial charge in [-0.05, 0) is 31.5 Å². The summed E-state index contributed by atoms with van der Waals surface area (Å²) in [5.41, 5.74) is 0.506. The topological polar surface area (TPSA) is 61.9 Å². The number of aromatic amines is 1. The molecule has 1 N–H and O–H groups in total. The van der Waals surface area contributed by atoms with Gasteiger partial charge in [0.25, 0.3) is 5.91 Å². The van der Waals surface area contributed by atoms with Gasteiger partial charge in [0.2, 0.25) is 5.82 Å². The Morgan fingerprint density at radius 1 is 1.35 bits per heavy atom. The van der Waals surface area contributed by atoms with E-state index in [2.05, 4.69) is 15.2 Å². The first-order valence-corrected chi connectivity index (χ1v) is 6.13. The van der Waals surface area contributed by atoms with Gasteiger partial charge in [-0.2, -0.15) is 0 Å². The average molecular weight is 280 g/mol. The third kappa shape index (κ3) is 2.98. The molecule has 0 unspecified atom stereocenters. The molecule has 0 atom stereocenters. The zero-order valence-electron chi connectivity index (χ0n) is 11.2. The fourth-order valence-corrected chi connectivity index (χ4v) is 1.77. The maximum Gasteiger partial charge on any atom is 0.293 e. The molecule has 2 rings (SSSR count). The summed E-state index contributed by atoms with van der Waals surface area (Å²) in [5, 5.41) is 6.39. The highest BCUT2D eigenvalue weighted by molar-refractivity contribution is 5.90. The zero-order chi connectivity index (χ0) is 14.7. The van der Waals surface area contributed by atoms with E-state index in [0.29, 0.717) is 17.9 Å². The Kier molecular flexibility index (Phi) is 4.07. The van der Waals surface area contributed by atoms with Crippen molar-refractivity contribution < 1.29 is 13.6 Å². The van der Waals surface area contributed by atoms with E-state index >= 15 is 0 Å². The summed E-state index contributed by atoms with van der Waals surface area (Å²) in [5.74, 6) is -1.60. The number of carbonyl (C=O) groups excluding carboxylic acids is 1. The largest absolute Gasteiger partial charge is 0.332 e. The minimum absolute atomic E-state index is 0.0620. The summed E-state index contributed by atoms with van der Waals surface area (Å²) in [4.78, 5) is 17.6. The van der Waals surface area contributed by atoms with Crippen molar-refractivity contribution in [3.05, 3.63) is 47.0 Å². The second-order valence-corrected chi connectivity index (χ2v) is 4.31. The summed E-state index contributed by atoms with van der Waals surface area (Å²) in [6.45, 7) is 4.05. The van der Waals surface area contributed by atoms with E-state index in [1.165, 1.54) is 11.0 Å². The minimum atomic E-state index is -0.931. The molecule has 0 aliphatic heterocycles. The van der Waals surface area contributed by atoms with Gasteiger partial charge in [0, 0.05) is 13.1 Å².